The summed E-state index contributed by atoms with van der Waals surface area (Å²) in [6.45, 7) is -0.145. The molecule has 0 N–H and O–H groups in total. The maximum absolute atomic E-state index is 14.5. The highest BCUT2D eigenvalue weighted by molar-refractivity contribution is 6.05. The number of aromatic nitrogens is 5. The number of hydrogen-bond acceptors (Lipinski definition) is 8. The predicted octanol–water partition coefficient (Wildman–Crippen LogP) is 2.67. The van der Waals surface area contributed by atoms with Crippen molar-refractivity contribution in [2.45, 2.75) is 13.0 Å². The Morgan fingerprint density at radius 2 is 1.79 bits per heavy atom. The number of rotatable bonds is 5. The van der Waals surface area contributed by atoms with E-state index in [4.69, 9.17) is 4.52 Å². The average Bonchev–Trinajstić information content (AvgIpc) is 3.45. The van der Waals surface area contributed by atoms with Gasteiger partial charge in [0.2, 0.25) is 0 Å². The fourth-order valence-electron chi connectivity index (χ4n) is 3.65. The maximum Gasteiger partial charge on any atom is 0.183 e. The van der Waals surface area contributed by atoms with Gasteiger partial charge < -0.3 is 9.42 Å². The molecule has 1 aliphatic heterocycles. The van der Waals surface area contributed by atoms with Crippen LogP contribution in [0.1, 0.15) is 12.0 Å². The summed E-state index contributed by atoms with van der Waals surface area (Å²) in [5.41, 5.74) is 1.66. The number of carbonyl (C=O) groups is 2. The van der Waals surface area contributed by atoms with Gasteiger partial charge in [-0.25, -0.2) is 18.7 Å². The van der Waals surface area contributed by atoms with E-state index < -0.39 is 5.82 Å². The molecule has 1 aliphatic rings. The molecular weight excluding hydrogens is 434 g/mol. The van der Waals surface area contributed by atoms with Crippen molar-refractivity contribution < 1.29 is 22.9 Å². The molecule has 4 heterocycles. The van der Waals surface area contributed by atoms with Crippen LogP contribution < -0.4 is 4.90 Å². The van der Waals surface area contributed by atoms with Gasteiger partial charge in [-0.1, -0.05) is 23.4 Å². The summed E-state index contributed by atoms with van der Waals surface area (Å²) >= 11 is 0. The Hall–Kier alpha value is -4.28. The number of benzene rings is 1. The zero-order valence-electron chi connectivity index (χ0n) is 17.1. The second-order valence-electron chi connectivity index (χ2n) is 7.52. The molecule has 0 saturated carbocycles. The van der Waals surface area contributed by atoms with Crippen molar-refractivity contribution in [3.63, 3.8) is 0 Å². The molecule has 11 heteroatoms. The molecule has 33 heavy (non-hydrogen) atoms. The van der Waals surface area contributed by atoms with E-state index in [-0.39, 0.29) is 60.8 Å². The first-order chi connectivity index (χ1) is 16.0. The third kappa shape index (κ3) is 4.12. The van der Waals surface area contributed by atoms with Gasteiger partial charge in [-0.05, 0) is 12.1 Å². The van der Waals surface area contributed by atoms with Gasteiger partial charge >= 0.3 is 0 Å². The zero-order valence-corrected chi connectivity index (χ0v) is 17.1. The van der Waals surface area contributed by atoms with Crippen molar-refractivity contribution in [1.82, 2.24) is 24.9 Å². The van der Waals surface area contributed by atoms with Crippen molar-refractivity contribution in [2.75, 3.05) is 18.0 Å². The summed E-state index contributed by atoms with van der Waals surface area (Å²) in [5.74, 6) is -1.85. The van der Waals surface area contributed by atoms with Crippen LogP contribution in [0.3, 0.4) is 0 Å². The van der Waals surface area contributed by atoms with Crippen molar-refractivity contribution >= 4 is 17.4 Å². The monoisotopic (exact) mass is 450 g/mol. The van der Waals surface area contributed by atoms with Crippen molar-refractivity contribution in [1.29, 1.82) is 0 Å². The quantitative estimate of drug-likeness (QED) is 0.427. The fraction of sp³-hybridized carbons (Fsp3) is 0.182. The molecular formula is C22H16F2N6O3. The molecule has 3 aromatic heterocycles. The maximum atomic E-state index is 14.5. The number of carbonyl (C=O) groups excluding carboxylic acids is 2. The molecule has 0 spiro atoms. The Balaban J connectivity index is 1.55. The van der Waals surface area contributed by atoms with E-state index in [1.807, 2.05) is 0 Å². The van der Waals surface area contributed by atoms with Gasteiger partial charge in [0.1, 0.15) is 23.5 Å². The van der Waals surface area contributed by atoms with E-state index in [0.717, 1.165) is 6.20 Å². The number of hydrogen-bond donors (Lipinski definition) is 0. The third-order valence-electron chi connectivity index (χ3n) is 5.14. The first-order valence-electron chi connectivity index (χ1n) is 10.0. The molecule has 166 valence electrons. The molecule has 9 nitrogen and oxygen atoms in total. The molecule has 5 rings (SSSR count). The molecule has 1 fully saturated rings. The van der Waals surface area contributed by atoms with Gasteiger partial charge in [0.25, 0.3) is 0 Å². The molecule has 0 amide bonds. The number of Topliss-reactive ketones (excluding diaryl/α,β-unsaturated/α-hetero) is 2. The van der Waals surface area contributed by atoms with Gasteiger partial charge in [0, 0.05) is 11.6 Å². The topological polar surface area (TPSA) is 107 Å². The first kappa shape index (κ1) is 20.6. The summed E-state index contributed by atoms with van der Waals surface area (Å²) < 4.78 is 35.2. The van der Waals surface area contributed by atoms with E-state index in [2.05, 4.69) is 20.2 Å². The molecule has 0 aliphatic carbocycles. The SMILES string of the molecule is O=C1CC(=O)CN(c2nc(-c3cc(-c4ccon4)n(Cc4ccccc4F)n3)ncc2F)C1. The zero-order chi connectivity index (χ0) is 22.9. The summed E-state index contributed by atoms with van der Waals surface area (Å²) in [6, 6.07) is 9.56. The molecule has 1 saturated heterocycles. The van der Waals surface area contributed by atoms with Crippen LogP contribution >= 0.6 is 0 Å². The van der Waals surface area contributed by atoms with Crippen LogP contribution in [0.15, 0.2) is 53.4 Å². The van der Waals surface area contributed by atoms with Crippen LogP contribution in [0.5, 0.6) is 0 Å². The second kappa shape index (κ2) is 8.34. The largest absolute Gasteiger partial charge is 0.364 e. The predicted molar refractivity (Wildman–Crippen MR) is 111 cm³/mol. The van der Waals surface area contributed by atoms with Crippen molar-refractivity contribution in [3.8, 4) is 22.9 Å². The van der Waals surface area contributed by atoms with Gasteiger partial charge in [-0.15, -0.1) is 0 Å². The van der Waals surface area contributed by atoms with Crippen molar-refractivity contribution in [2.24, 2.45) is 0 Å². The number of halogens is 2. The lowest BCUT2D eigenvalue weighted by atomic mass is 10.1. The molecule has 0 bridgehead atoms. The van der Waals surface area contributed by atoms with E-state index in [1.54, 1.807) is 30.3 Å². The molecule has 1 aromatic carbocycles. The Labute approximate surface area is 185 Å². The molecule has 0 atom stereocenters. The molecule has 0 unspecified atom stereocenters. The van der Waals surface area contributed by atoms with Gasteiger partial charge in [0.05, 0.1) is 37.9 Å². The number of piperidine rings is 1. The Morgan fingerprint density at radius 3 is 2.52 bits per heavy atom. The Kier molecular flexibility index (Phi) is 5.21. The van der Waals surface area contributed by atoms with E-state index >= 15 is 0 Å². The normalized spacial score (nSPS) is 14.2. The Bertz CT molecular complexity index is 1340. The van der Waals surface area contributed by atoms with E-state index in [1.165, 1.54) is 21.9 Å². The lowest BCUT2D eigenvalue weighted by molar-refractivity contribution is -0.127. The second-order valence-corrected chi connectivity index (χ2v) is 7.52. The molecule has 0 radical (unpaired) electrons. The van der Waals surface area contributed by atoms with Gasteiger partial charge in [-0.2, -0.15) is 5.10 Å². The van der Waals surface area contributed by atoms with Crippen LogP contribution in [-0.2, 0) is 16.1 Å². The first-order valence-corrected chi connectivity index (χ1v) is 10.0. The van der Waals surface area contributed by atoms with E-state index in [0.29, 0.717) is 17.0 Å². The summed E-state index contributed by atoms with van der Waals surface area (Å²) in [5, 5.41) is 8.41. The highest BCUT2D eigenvalue weighted by atomic mass is 19.1. The smallest absolute Gasteiger partial charge is 0.183 e. The van der Waals surface area contributed by atoms with Crippen LogP contribution in [0, 0.1) is 11.6 Å². The molecule has 4 aromatic rings. The minimum atomic E-state index is -0.760. The van der Waals surface area contributed by atoms with Gasteiger partial charge in [0.15, 0.2) is 29.0 Å². The summed E-state index contributed by atoms with van der Waals surface area (Å²) in [7, 11) is 0. The number of anilines is 1. The Morgan fingerprint density at radius 1 is 1.00 bits per heavy atom. The van der Waals surface area contributed by atoms with Crippen LogP contribution in [0.25, 0.3) is 22.9 Å². The van der Waals surface area contributed by atoms with E-state index in [9.17, 15) is 18.4 Å². The van der Waals surface area contributed by atoms with Crippen molar-refractivity contribution in [3.05, 3.63) is 66.1 Å². The lowest BCUT2D eigenvalue weighted by Crippen LogP contribution is -2.42. The summed E-state index contributed by atoms with van der Waals surface area (Å²) in [6.07, 6.45) is 2.19. The van der Waals surface area contributed by atoms with Crippen LogP contribution in [-0.4, -0.2) is 49.6 Å². The number of nitrogens with zero attached hydrogens (tertiary/aromatic N) is 6. The highest BCUT2D eigenvalue weighted by Gasteiger charge is 2.27. The number of ketones is 2. The third-order valence-corrected chi connectivity index (χ3v) is 5.14. The van der Waals surface area contributed by atoms with Crippen LogP contribution in [0.2, 0.25) is 0 Å². The highest BCUT2D eigenvalue weighted by Crippen LogP contribution is 2.27. The minimum Gasteiger partial charge on any atom is -0.364 e. The lowest BCUT2D eigenvalue weighted by Gasteiger charge is -2.26. The summed E-state index contributed by atoms with van der Waals surface area (Å²) in [4.78, 5) is 33.2. The fourth-order valence-corrected chi connectivity index (χ4v) is 3.65. The average molecular weight is 450 g/mol. The minimum absolute atomic E-state index is 0.0777. The standard InChI is InChI=1S/C22H16F2N6O3/c23-16-4-2-1-3-13(16)10-30-20(18-5-6-33-28-18)8-19(27-30)21-25-9-17(24)22(26-21)29-11-14(31)7-15(32)12-29/h1-6,8-9H,7,10-12H2. The van der Waals surface area contributed by atoms with Crippen LogP contribution in [0.4, 0.5) is 14.6 Å². The van der Waals surface area contributed by atoms with Gasteiger partial charge in [-0.3, -0.25) is 14.3 Å².